The zero-order chi connectivity index (χ0) is 18.5. The SMILES string of the molecule is Cc1ccccc1[C@H]1[C@@H]2CN(S(=O)(=O)c3ccccc3F)C[C@@H]2CN1C.Cl. The molecule has 0 aliphatic carbocycles. The number of aryl methyl sites for hydroxylation is 1. The fraction of sp³-hybridized carbons (Fsp3) is 0.400. The van der Waals surface area contributed by atoms with Crippen LogP contribution in [0.15, 0.2) is 53.4 Å². The summed E-state index contributed by atoms with van der Waals surface area (Å²) in [6.45, 7) is 3.84. The maximum atomic E-state index is 14.1. The second-order valence-electron chi connectivity index (χ2n) is 7.42. The number of fused-ring (bicyclic) bond motifs is 1. The Balaban J connectivity index is 0.00000210. The summed E-state index contributed by atoms with van der Waals surface area (Å²) in [5.41, 5.74) is 2.48. The molecule has 4 rings (SSSR count). The van der Waals surface area contributed by atoms with Crippen molar-refractivity contribution in [3.05, 3.63) is 65.5 Å². The summed E-state index contributed by atoms with van der Waals surface area (Å²) in [6, 6.07) is 14.1. The molecule has 27 heavy (non-hydrogen) atoms. The minimum Gasteiger partial charge on any atom is -0.299 e. The van der Waals surface area contributed by atoms with Crippen molar-refractivity contribution in [1.29, 1.82) is 0 Å². The predicted octanol–water partition coefficient (Wildman–Crippen LogP) is 3.48. The number of rotatable bonds is 3. The van der Waals surface area contributed by atoms with Gasteiger partial charge in [0.1, 0.15) is 10.7 Å². The summed E-state index contributed by atoms with van der Waals surface area (Å²) in [6.07, 6.45) is 0. The molecule has 0 spiro atoms. The number of sulfonamides is 1. The lowest BCUT2D eigenvalue weighted by Gasteiger charge is -2.28. The summed E-state index contributed by atoms with van der Waals surface area (Å²) in [5, 5.41) is 0. The van der Waals surface area contributed by atoms with Crippen LogP contribution in [0.25, 0.3) is 0 Å². The molecule has 146 valence electrons. The summed E-state index contributed by atoms with van der Waals surface area (Å²) in [5.74, 6) is -0.189. The van der Waals surface area contributed by atoms with E-state index in [0.29, 0.717) is 13.1 Å². The number of benzene rings is 2. The van der Waals surface area contributed by atoms with Crippen molar-refractivity contribution < 1.29 is 12.8 Å². The van der Waals surface area contributed by atoms with Gasteiger partial charge in [0.15, 0.2) is 0 Å². The maximum absolute atomic E-state index is 14.1. The summed E-state index contributed by atoms with van der Waals surface area (Å²) in [7, 11) is -1.70. The first kappa shape index (κ1) is 20.3. The van der Waals surface area contributed by atoms with Gasteiger partial charge in [-0.2, -0.15) is 4.31 Å². The van der Waals surface area contributed by atoms with E-state index in [1.54, 1.807) is 6.07 Å². The highest BCUT2D eigenvalue weighted by molar-refractivity contribution is 7.89. The van der Waals surface area contributed by atoms with E-state index in [0.717, 1.165) is 6.54 Å². The number of hydrogen-bond donors (Lipinski definition) is 0. The van der Waals surface area contributed by atoms with Crippen molar-refractivity contribution in [3.63, 3.8) is 0 Å². The van der Waals surface area contributed by atoms with Crippen molar-refractivity contribution in [2.75, 3.05) is 26.7 Å². The predicted molar refractivity (Wildman–Crippen MR) is 106 cm³/mol. The number of nitrogens with zero attached hydrogens (tertiary/aromatic N) is 2. The van der Waals surface area contributed by atoms with E-state index < -0.39 is 15.8 Å². The van der Waals surface area contributed by atoms with E-state index in [9.17, 15) is 12.8 Å². The third-order valence-electron chi connectivity index (χ3n) is 5.82. The topological polar surface area (TPSA) is 40.6 Å². The minimum absolute atomic E-state index is 0. The molecular formula is C20H24ClFN2O2S. The summed E-state index contributed by atoms with van der Waals surface area (Å²) in [4.78, 5) is 2.10. The Morgan fingerprint density at radius 2 is 1.67 bits per heavy atom. The molecule has 0 unspecified atom stereocenters. The van der Waals surface area contributed by atoms with Gasteiger partial charge < -0.3 is 0 Å². The normalized spacial score (nSPS) is 26.0. The Labute approximate surface area is 166 Å². The molecule has 0 radical (unpaired) electrons. The second-order valence-corrected chi connectivity index (χ2v) is 9.32. The Morgan fingerprint density at radius 3 is 2.37 bits per heavy atom. The lowest BCUT2D eigenvalue weighted by Crippen LogP contribution is -2.34. The quantitative estimate of drug-likeness (QED) is 0.777. The van der Waals surface area contributed by atoms with Crippen LogP contribution in [0.5, 0.6) is 0 Å². The highest BCUT2D eigenvalue weighted by atomic mass is 35.5. The van der Waals surface area contributed by atoms with E-state index in [-0.39, 0.29) is 35.2 Å². The molecule has 3 atom stereocenters. The highest BCUT2D eigenvalue weighted by Crippen LogP contribution is 2.46. The van der Waals surface area contributed by atoms with Crippen molar-refractivity contribution in [2.24, 2.45) is 11.8 Å². The van der Waals surface area contributed by atoms with Gasteiger partial charge in [0.2, 0.25) is 10.0 Å². The zero-order valence-electron chi connectivity index (χ0n) is 15.4. The van der Waals surface area contributed by atoms with Crippen LogP contribution in [-0.4, -0.2) is 44.3 Å². The van der Waals surface area contributed by atoms with Crippen molar-refractivity contribution in [2.45, 2.75) is 17.9 Å². The van der Waals surface area contributed by atoms with Gasteiger partial charge in [-0.25, -0.2) is 12.8 Å². The molecule has 0 saturated carbocycles. The van der Waals surface area contributed by atoms with Gasteiger partial charge in [-0.05, 0) is 49.1 Å². The molecule has 0 amide bonds. The first-order valence-electron chi connectivity index (χ1n) is 8.90. The Morgan fingerprint density at radius 1 is 1.00 bits per heavy atom. The number of halogens is 2. The zero-order valence-corrected chi connectivity index (χ0v) is 17.0. The van der Waals surface area contributed by atoms with Crippen LogP contribution in [0.4, 0.5) is 4.39 Å². The number of likely N-dealkylation sites (tertiary alicyclic amines) is 1. The van der Waals surface area contributed by atoms with Gasteiger partial charge in [0.25, 0.3) is 0 Å². The van der Waals surface area contributed by atoms with Gasteiger partial charge in [-0.1, -0.05) is 36.4 Å². The molecule has 0 bridgehead atoms. The van der Waals surface area contributed by atoms with E-state index in [2.05, 4.69) is 31.0 Å². The second kappa shape index (κ2) is 7.51. The molecule has 0 aromatic heterocycles. The smallest absolute Gasteiger partial charge is 0.246 e. The van der Waals surface area contributed by atoms with Crippen molar-refractivity contribution in [1.82, 2.24) is 9.21 Å². The highest BCUT2D eigenvalue weighted by Gasteiger charge is 2.49. The summed E-state index contributed by atoms with van der Waals surface area (Å²) < 4.78 is 41.4. The number of hydrogen-bond acceptors (Lipinski definition) is 3. The molecule has 2 aromatic carbocycles. The maximum Gasteiger partial charge on any atom is 0.246 e. The summed E-state index contributed by atoms with van der Waals surface area (Å²) >= 11 is 0. The monoisotopic (exact) mass is 410 g/mol. The van der Waals surface area contributed by atoms with Gasteiger partial charge in [0, 0.05) is 25.7 Å². The van der Waals surface area contributed by atoms with Gasteiger partial charge in [-0.15, -0.1) is 12.4 Å². The van der Waals surface area contributed by atoms with E-state index in [4.69, 9.17) is 0 Å². The van der Waals surface area contributed by atoms with E-state index >= 15 is 0 Å². The Kier molecular flexibility index (Phi) is 5.64. The molecule has 2 aliphatic heterocycles. The van der Waals surface area contributed by atoms with Gasteiger partial charge >= 0.3 is 0 Å². The van der Waals surface area contributed by atoms with Crippen LogP contribution >= 0.6 is 12.4 Å². The van der Waals surface area contributed by atoms with Crippen LogP contribution < -0.4 is 0 Å². The lowest BCUT2D eigenvalue weighted by atomic mass is 9.88. The molecule has 2 aliphatic rings. The fourth-order valence-electron chi connectivity index (χ4n) is 4.59. The first-order valence-corrected chi connectivity index (χ1v) is 10.3. The Bertz CT molecular complexity index is 937. The molecule has 2 aromatic rings. The van der Waals surface area contributed by atoms with Gasteiger partial charge in [-0.3, -0.25) is 4.90 Å². The standard InChI is InChI=1S/C20H23FN2O2S.ClH/c1-14-7-3-4-8-16(14)20-17-13-23(12-15(17)11-22(20)2)26(24,25)19-10-6-5-9-18(19)21;/h3-10,15,17,20H,11-13H2,1-2H3;1H/t15-,17+,20-;/m0./s1. The van der Waals surface area contributed by atoms with Crippen molar-refractivity contribution in [3.8, 4) is 0 Å². The molecule has 2 heterocycles. The average Bonchev–Trinajstić information content (AvgIpc) is 3.13. The molecule has 2 saturated heterocycles. The van der Waals surface area contributed by atoms with Crippen LogP contribution in [0.1, 0.15) is 17.2 Å². The minimum atomic E-state index is -3.80. The largest absolute Gasteiger partial charge is 0.299 e. The van der Waals surface area contributed by atoms with Crippen LogP contribution in [0, 0.1) is 24.6 Å². The fourth-order valence-corrected chi connectivity index (χ4v) is 6.19. The van der Waals surface area contributed by atoms with Crippen LogP contribution in [-0.2, 0) is 10.0 Å². The Hall–Kier alpha value is -1.47. The third-order valence-corrected chi connectivity index (χ3v) is 7.69. The first-order chi connectivity index (χ1) is 12.4. The lowest BCUT2D eigenvalue weighted by molar-refractivity contribution is 0.260. The molecular weight excluding hydrogens is 387 g/mol. The van der Waals surface area contributed by atoms with Crippen LogP contribution in [0.2, 0.25) is 0 Å². The molecule has 4 nitrogen and oxygen atoms in total. The molecule has 0 N–H and O–H groups in total. The van der Waals surface area contributed by atoms with Gasteiger partial charge in [0.05, 0.1) is 0 Å². The molecule has 2 fully saturated rings. The van der Waals surface area contributed by atoms with Crippen molar-refractivity contribution >= 4 is 22.4 Å². The third kappa shape index (κ3) is 3.40. The molecule has 7 heteroatoms. The van der Waals surface area contributed by atoms with E-state index in [1.165, 1.54) is 33.6 Å². The van der Waals surface area contributed by atoms with E-state index in [1.807, 2.05) is 12.1 Å². The average molecular weight is 411 g/mol. The van der Waals surface area contributed by atoms with Crippen LogP contribution in [0.3, 0.4) is 0 Å².